The summed E-state index contributed by atoms with van der Waals surface area (Å²) < 4.78 is 4.72. The molecule has 2 rings (SSSR count). The van der Waals surface area contributed by atoms with E-state index in [2.05, 4.69) is 5.32 Å². The Balaban J connectivity index is 2.29. The lowest BCUT2D eigenvalue weighted by Crippen LogP contribution is -2.14. The number of furan rings is 1. The van der Waals surface area contributed by atoms with Crippen LogP contribution in [0.3, 0.4) is 0 Å². The van der Waals surface area contributed by atoms with E-state index in [0.29, 0.717) is 0 Å². The molecule has 0 atom stereocenters. The molecule has 9 heteroatoms. The van der Waals surface area contributed by atoms with Crippen LogP contribution in [0.1, 0.15) is 20.9 Å². The molecule has 1 aromatic carbocycles. The summed E-state index contributed by atoms with van der Waals surface area (Å²) in [4.78, 5) is 32.7. The van der Waals surface area contributed by atoms with Crippen molar-refractivity contribution in [1.82, 2.24) is 0 Å². The molecule has 0 aliphatic rings. The number of hydrogen-bond donors (Lipinski definition) is 2. The standard InChI is InChI=1S/C12H7ClN2O6/c13-6-2-1-3-7(10(6)12(17)18)14-11(16)8-4-5-9(21-8)15(19)20/h1-5H,(H,14,16)(H,17,18). The van der Waals surface area contributed by atoms with Gasteiger partial charge in [-0.15, -0.1) is 0 Å². The Morgan fingerprint density at radius 1 is 1.29 bits per heavy atom. The number of nitrogens with zero attached hydrogens (tertiary/aromatic N) is 1. The monoisotopic (exact) mass is 310 g/mol. The summed E-state index contributed by atoms with van der Waals surface area (Å²) in [6, 6.07) is 6.28. The number of amides is 1. The predicted octanol–water partition coefficient (Wildman–Crippen LogP) is 2.79. The van der Waals surface area contributed by atoms with Crippen LogP contribution >= 0.6 is 11.6 Å². The SMILES string of the molecule is O=C(Nc1cccc(Cl)c1C(=O)O)c1ccc([N+](=O)[O-])o1. The Morgan fingerprint density at radius 2 is 2.00 bits per heavy atom. The zero-order chi connectivity index (χ0) is 15.6. The van der Waals surface area contributed by atoms with E-state index < -0.39 is 22.7 Å². The molecular formula is C12H7ClN2O6. The van der Waals surface area contributed by atoms with Gasteiger partial charge in [-0.25, -0.2) is 4.79 Å². The largest absolute Gasteiger partial charge is 0.478 e. The zero-order valence-corrected chi connectivity index (χ0v) is 11.0. The minimum absolute atomic E-state index is 0.0425. The number of rotatable bonds is 4. The average Bonchev–Trinajstić information content (AvgIpc) is 2.88. The van der Waals surface area contributed by atoms with E-state index in [1.54, 1.807) is 0 Å². The third kappa shape index (κ3) is 3.00. The van der Waals surface area contributed by atoms with E-state index in [9.17, 15) is 19.7 Å². The van der Waals surface area contributed by atoms with Crippen molar-refractivity contribution in [2.45, 2.75) is 0 Å². The quantitative estimate of drug-likeness (QED) is 0.661. The molecule has 0 bridgehead atoms. The van der Waals surface area contributed by atoms with Gasteiger partial charge < -0.3 is 14.8 Å². The first-order valence-electron chi connectivity index (χ1n) is 5.47. The number of carbonyl (C=O) groups is 2. The molecule has 0 saturated carbocycles. The minimum Gasteiger partial charge on any atom is -0.478 e. The van der Waals surface area contributed by atoms with Crippen molar-refractivity contribution in [3.05, 3.63) is 56.8 Å². The number of nitrogens with one attached hydrogen (secondary N) is 1. The summed E-state index contributed by atoms with van der Waals surface area (Å²) in [5.41, 5.74) is -0.326. The Bertz CT molecular complexity index is 739. The summed E-state index contributed by atoms with van der Waals surface area (Å²) in [6.07, 6.45) is 0. The van der Waals surface area contributed by atoms with Gasteiger partial charge in [-0.05, 0) is 18.2 Å². The Kier molecular flexibility index (Phi) is 3.90. The molecule has 0 aliphatic heterocycles. The number of carboxylic acids is 1. The fourth-order valence-corrected chi connectivity index (χ4v) is 1.83. The van der Waals surface area contributed by atoms with Crippen molar-refractivity contribution in [2.75, 3.05) is 5.32 Å². The van der Waals surface area contributed by atoms with E-state index in [1.807, 2.05) is 0 Å². The first-order chi connectivity index (χ1) is 9.90. The van der Waals surface area contributed by atoms with Crippen LogP contribution in [0.25, 0.3) is 0 Å². The molecule has 1 heterocycles. The van der Waals surface area contributed by atoms with Gasteiger partial charge in [-0.2, -0.15) is 0 Å². The molecule has 1 aromatic heterocycles. The van der Waals surface area contributed by atoms with Crippen LogP contribution in [-0.4, -0.2) is 21.9 Å². The molecule has 21 heavy (non-hydrogen) atoms. The lowest BCUT2D eigenvalue weighted by atomic mass is 10.1. The lowest BCUT2D eigenvalue weighted by molar-refractivity contribution is -0.402. The van der Waals surface area contributed by atoms with Crippen molar-refractivity contribution in [2.24, 2.45) is 0 Å². The number of anilines is 1. The third-order valence-corrected chi connectivity index (χ3v) is 2.79. The summed E-state index contributed by atoms with van der Waals surface area (Å²) in [5.74, 6) is -3.06. The van der Waals surface area contributed by atoms with Gasteiger partial charge in [-0.1, -0.05) is 17.7 Å². The highest BCUT2D eigenvalue weighted by Gasteiger charge is 2.20. The summed E-state index contributed by atoms with van der Waals surface area (Å²) >= 11 is 5.75. The topological polar surface area (TPSA) is 123 Å². The second kappa shape index (κ2) is 5.63. The van der Waals surface area contributed by atoms with Crippen molar-refractivity contribution >= 4 is 35.0 Å². The van der Waals surface area contributed by atoms with Gasteiger partial charge in [0.2, 0.25) is 0 Å². The van der Waals surface area contributed by atoms with E-state index in [0.717, 1.165) is 12.1 Å². The molecule has 2 aromatic rings. The highest BCUT2D eigenvalue weighted by molar-refractivity contribution is 6.34. The fourth-order valence-electron chi connectivity index (χ4n) is 1.58. The maximum atomic E-state index is 11.9. The molecule has 0 radical (unpaired) electrons. The summed E-state index contributed by atoms with van der Waals surface area (Å²) in [6.45, 7) is 0. The number of hydrogen-bond acceptors (Lipinski definition) is 5. The molecule has 2 N–H and O–H groups in total. The number of carbonyl (C=O) groups excluding carboxylic acids is 1. The number of carboxylic acid groups (broad SMARTS) is 1. The summed E-state index contributed by atoms with van der Waals surface area (Å²) in [5, 5.41) is 21.8. The molecule has 0 aliphatic carbocycles. The maximum absolute atomic E-state index is 11.9. The summed E-state index contributed by atoms with van der Waals surface area (Å²) in [7, 11) is 0. The molecule has 0 fully saturated rings. The van der Waals surface area contributed by atoms with E-state index in [4.69, 9.17) is 21.1 Å². The second-order valence-corrected chi connectivity index (χ2v) is 4.22. The number of aromatic carboxylic acids is 1. The van der Waals surface area contributed by atoms with Gasteiger partial charge in [0.25, 0.3) is 5.91 Å². The Labute approximate surface area is 122 Å². The van der Waals surface area contributed by atoms with Gasteiger partial charge >= 0.3 is 11.9 Å². The molecule has 108 valence electrons. The molecule has 0 unspecified atom stereocenters. The van der Waals surface area contributed by atoms with Crippen molar-refractivity contribution in [1.29, 1.82) is 0 Å². The lowest BCUT2D eigenvalue weighted by Gasteiger charge is -2.08. The number of nitro groups is 1. The van der Waals surface area contributed by atoms with E-state index >= 15 is 0 Å². The van der Waals surface area contributed by atoms with Crippen LogP contribution in [0, 0.1) is 10.1 Å². The van der Waals surface area contributed by atoms with Crippen molar-refractivity contribution in [3.8, 4) is 0 Å². The zero-order valence-electron chi connectivity index (χ0n) is 10.2. The third-order valence-electron chi connectivity index (χ3n) is 2.47. The second-order valence-electron chi connectivity index (χ2n) is 3.82. The minimum atomic E-state index is -1.32. The van der Waals surface area contributed by atoms with Crippen LogP contribution in [0.15, 0.2) is 34.7 Å². The van der Waals surface area contributed by atoms with Crippen molar-refractivity contribution < 1.29 is 24.0 Å². The van der Waals surface area contributed by atoms with Crippen LogP contribution < -0.4 is 5.32 Å². The van der Waals surface area contributed by atoms with E-state index in [1.165, 1.54) is 18.2 Å². The average molecular weight is 311 g/mol. The molecule has 1 amide bonds. The van der Waals surface area contributed by atoms with Gasteiger partial charge in [-0.3, -0.25) is 14.9 Å². The molecule has 0 spiro atoms. The first-order valence-corrected chi connectivity index (χ1v) is 5.85. The fraction of sp³-hybridized carbons (Fsp3) is 0. The van der Waals surface area contributed by atoms with Crippen LogP contribution in [-0.2, 0) is 0 Å². The van der Waals surface area contributed by atoms with Gasteiger partial charge in [0.1, 0.15) is 10.5 Å². The number of benzene rings is 1. The van der Waals surface area contributed by atoms with Gasteiger partial charge in [0, 0.05) is 0 Å². The van der Waals surface area contributed by atoms with Crippen molar-refractivity contribution in [3.63, 3.8) is 0 Å². The molecular weight excluding hydrogens is 304 g/mol. The van der Waals surface area contributed by atoms with Gasteiger partial charge in [0.05, 0.1) is 16.8 Å². The van der Waals surface area contributed by atoms with E-state index in [-0.39, 0.29) is 22.0 Å². The highest BCUT2D eigenvalue weighted by atomic mass is 35.5. The molecule has 8 nitrogen and oxygen atoms in total. The Hall–Kier alpha value is -2.87. The predicted molar refractivity (Wildman–Crippen MR) is 71.7 cm³/mol. The smallest absolute Gasteiger partial charge is 0.433 e. The van der Waals surface area contributed by atoms with Crippen LogP contribution in [0.2, 0.25) is 5.02 Å². The molecule has 0 saturated heterocycles. The normalized spacial score (nSPS) is 10.1. The number of halogens is 1. The van der Waals surface area contributed by atoms with Gasteiger partial charge in [0.15, 0.2) is 5.76 Å². The maximum Gasteiger partial charge on any atom is 0.433 e. The van der Waals surface area contributed by atoms with Crippen LogP contribution in [0.4, 0.5) is 11.6 Å². The highest BCUT2D eigenvalue weighted by Crippen LogP contribution is 2.25. The van der Waals surface area contributed by atoms with Crippen LogP contribution in [0.5, 0.6) is 0 Å². The first kappa shape index (κ1) is 14.5. The Morgan fingerprint density at radius 3 is 2.57 bits per heavy atom.